The molecule has 0 radical (unpaired) electrons. The maximum atomic E-state index is 6.38. The smallest absolute Gasteiger partial charge is 0.0644 e. The zero-order chi connectivity index (χ0) is 14.5. The fourth-order valence-electron chi connectivity index (χ4n) is 3.44. The van der Waals surface area contributed by atoms with Crippen LogP contribution in [0.15, 0.2) is 18.3 Å². The van der Waals surface area contributed by atoms with Crippen molar-refractivity contribution in [3.63, 3.8) is 0 Å². The van der Waals surface area contributed by atoms with Gasteiger partial charge in [0.15, 0.2) is 0 Å². The summed E-state index contributed by atoms with van der Waals surface area (Å²) in [5, 5.41) is 4.26. The van der Waals surface area contributed by atoms with Crippen molar-refractivity contribution in [2.24, 2.45) is 18.2 Å². The molecule has 0 bridgehead atoms. The summed E-state index contributed by atoms with van der Waals surface area (Å²) in [5.74, 6) is 0. The molecule has 20 heavy (non-hydrogen) atoms. The van der Waals surface area contributed by atoms with E-state index in [4.69, 9.17) is 5.73 Å². The maximum Gasteiger partial charge on any atom is 0.0644 e. The lowest BCUT2D eigenvalue weighted by atomic mass is 9.74. The van der Waals surface area contributed by atoms with Gasteiger partial charge in [0.1, 0.15) is 0 Å². The zero-order valence-corrected chi connectivity index (χ0v) is 12.8. The summed E-state index contributed by atoms with van der Waals surface area (Å²) in [7, 11) is 2.00. The molecule has 0 fully saturated rings. The van der Waals surface area contributed by atoms with Gasteiger partial charge in [-0.2, -0.15) is 5.10 Å². The fraction of sp³-hybridized carbons (Fsp3) is 0.562. The molecular formula is C16H24N4. The van der Waals surface area contributed by atoms with Crippen molar-refractivity contribution in [1.82, 2.24) is 14.3 Å². The normalized spacial score (nSPS) is 20.9. The van der Waals surface area contributed by atoms with Crippen molar-refractivity contribution in [2.45, 2.75) is 46.2 Å². The van der Waals surface area contributed by atoms with Gasteiger partial charge in [-0.3, -0.25) is 4.68 Å². The van der Waals surface area contributed by atoms with Crippen LogP contribution in [0.4, 0.5) is 0 Å². The summed E-state index contributed by atoms with van der Waals surface area (Å²) in [5.41, 5.74) is 11.9. The first-order valence-corrected chi connectivity index (χ1v) is 7.29. The Morgan fingerprint density at radius 1 is 1.45 bits per heavy atom. The summed E-state index contributed by atoms with van der Waals surface area (Å²) in [4.78, 5) is 0. The minimum Gasteiger partial charge on any atom is -0.343 e. The van der Waals surface area contributed by atoms with Crippen molar-refractivity contribution in [3.05, 3.63) is 41.0 Å². The molecule has 2 aromatic rings. The molecule has 4 heteroatoms. The average Bonchev–Trinajstić information content (AvgIpc) is 2.86. The van der Waals surface area contributed by atoms with Crippen molar-refractivity contribution >= 4 is 0 Å². The Morgan fingerprint density at radius 3 is 2.85 bits per heavy atom. The van der Waals surface area contributed by atoms with Gasteiger partial charge in [0.05, 0.1) is 12.2 Å². The number of aromatic nitrogens is 3. The van der Waals surface area contributed by atoms with Gasteiger partial charge in [0.2, 0.25) is 0 Å². The van der Waals surface area contributed by atoms with Gasteiger partial charge >= 0.3 is 0 Å². The SMILES string of the molecule is Cc1cc2c(n1Cc1ccnn1C)CC(C)(C)CC2N. The van der Waals surface area contributed by atoms with E-state index in [0.29, 0.717) is 0 Å². The van der Waals surface area contributed by atoms with E-state index >= 15 is 0 Å². The van der Waals surface area contributed by atoms with E-state index in [1.165, 1.54) is 22.6 Å². The molecule has 0 saturated heterocycles. The molecule has 1 atom stereocenters. The molecule has 2 aromatic heterocycles. The summed E-state index contributed by atoms with van der Waals surface area (Å²) >= 11 is 0. The summed E-state index contributed by atoms with van der Waals surface area (Å²) in [6, 6.07) is 4.52. The van der Waals surface area contributed by atoms with E-state index in [9.17, 15) is 0 Å². The Balaban J connectivity index is 2.03. The van der Waals surface area contributed by atoms with Crippen LogP contribution in [0.2, 0.25) is 0 Å². The Bertz CT molecular complexity index is 633. The highest BCUT2D eigenvalue weighted by atomic mass is 15.3. The number of aryl methyl sites for hydroxylation is 2. The molecule has 0 saturated carbocycles. The van der Waals surface area contributed by atoms with E-state index in [-0.39, 0.29) is 11.5 Å². The molecule has 1 aliphatic rings. The molecule has 0 spiro atoms. The van der Waals surface area contributed by atoms with Crippen LogP contribution < -0.4 is 5.73 Å². The quantitative estimate of drug-likeness (QED) is 0.913. The van der Waals surface area contributed by atoms with Crippen LogP contribution in [-0.2, 0) is 20.0 Å². The average molecular weight is 272 g/mol. The minimum atomic E-state index is 0.167. The highest BCUT2D eigenvalue weighted by Gasteiger charge is 2.33. The third kappa shape index (κ3) is 2.18. The second-order valence-electron chi connectivity index (χ2n) is 6.87. The molecule has 2 N–H and O–H groups in total. The van der Waals surface area contributed by atoms with Crippen molar-refractivity contribution in [2.75, 3.05) is 0 Å². The van der Waals surface area contributed by atoms with Crippen LogP contribution in [0.3, 0.4) is 0 Å². The van der Waals surface area contributed by atoms with Gasteiger partial charge in [-0.25, -0.2) is 0 Å². The lowest BCUT2D eigenvalue weighted by Crippen LogP contribution is -2.30. The van der Waals surface area contributed by atoms with E-state index < -0.39 is 0 Å². The van der Waals surface area contributed by atoms with Crippen LogP contribution in [0, 0.1) is 12.3 Å². The lowest BCUT2D eigenvalue weighted by Gasteiger charge is -2.34. The van der Waals surface area contributed by atoms with E-state index in [2.05, 4.69) is 42.6 Å². The zero-order valence-electron chi connectivity index (χ0n) is 12.8. The van der Waals surface area contributed by atoms with Crippen LogP contribution >= 0.6 is 0 Å². The first kappa shape index (κ1) is 13.4. The first-order chi connectivity index (χ1) is 9.37. The molecule has 0 aliphatic heterocycles. The number of nitrogens with two attached hydrogens (primary N) is 1. The molecule has 2 heterocycles. The van der Waals surface area contributed by atoms with Gasteiger partial charge in [-0.05, 0) is 42.9 Å². The number of nitrogens with zero attached hydrogens (tertiary/aromatic N) is 3. The summed E-state index contributed by atoms with van der Waals surface area (Å²) < 4.78 is 4.35. The molecule has 108 valence electrons. The second-order valence-corrected chi connectivity index (χ2v) is 6.87. The number of rotatable bonds is 2. The minimum absolute atomic E-state index is 0.167. The molecule has 3 rings (SSSR count). The van der Waals surface area contributed by atoms with E-state index in [0.717, 1.165) is 19.4 Å². The monoisotopic (exact) mass is 272 g/mol. The number of hydrogen-bond acceptors (Lipinski definition) is 2. The molecule has 0 aromatic carbocycles. The predicted molar refractivity (Wildman–Crippen MR) is 80.5 cm³/mol. The second kappa shape index (κ2) is 4.48. The van der Waals surface area contributed by atoms with Crippen molar-refractivity contribution in [3.8, 4) is 0 Å². The predicted octanol–water partition coefficient (Wildman–Crippen LogP) is 2.55. The van der Waals surface area contributed by atoms with Gasteiger partial charge in [0.25, 0.3) is 0 Å². The Hall–Kier alpha value is -1.55. The van der Waals surface area contributed by atoms with Crippen LogP contribution in [0.1, 0.15) is 49.0 Å². The van der Waals surface area contributed by atoms with Gasteiger partial charge in [0, 0.05) is 30.7 Å². The highest BCUT2D eigenvalue weighted by Crippen LogP contribution is 2.41. The van der Waals surface area contributed by atoms with Crippen LogP contribution in [0.25, 0.3) is 0 Å². The number of fused-ring (bicyclic) bond motifs is 1. The summed E-state index contributed by atoms with van der Waals surface area (Å²) in [6.45, 7) is 7.67. The highest BCUT2D eigenvalue weighted by molar-refractivity contribution is 5.34. The standard InChI is InChI=1S/C16H24N4/c1-11-7-13-14(17)8-16(2,3)9-15(13)20(11)10-12-5-6-18-19(12)4/h5-7,14H,8-10,17H2,1-4H3. The fourth-order valence-corrected chi connectivity index (χ4v) is 3.44. The molecule has 4 nitrogen and oxygen atoms in total. The number of hydrogen-bond donors (Lipinski definition) is 1. The molecule has 0 amide bonds. The van der Waals surface area contributed by atoms with Gasteiger partial charge in [-0.1, -0.05) is 13.8 Å². The largest absolute Gasteiger partial charge is 0.343 e. The lowest BCUT2D eigenvalue weighted by molar-refractivity contribution is 0.275. The topological polar surface area (TPSA) is 48.8 Å². The molecular weight excluding hydrogens is 248 g/mol. The van der Waals surface area contributed by atoms with Gasteiger partial charge < -0.3 is 10.3 Å². The van der Waals surface area contributed by atoms with Crippen molar-refractivity contribution < 1.29 is 0 Å². The van der Waals surface area contributed by atoms with Crippen LogP contribution in [0.5, 0.6) is 0 Å². The van der Waals surface area contributed by atoms with Gasteiger partial charge in [-0.15, -0.1) is 0 Å². The maximum absolute atomic E-state index is 6.38. The van der Waals surface area contributed by atoms with Crippen molar-refractivity contribution in [1.29, 1.82) is 0 Å². The molecule has 1 aliphatic carbocycles. The summed E-state index contributed by atoms with van der Waals surface area (Å²) in [6.07, 6.45) is 4.02. The Kier molecular flexibility index (Phi) is 3.01. The van der Waals surface area contributed by atoms with Crippen LogP contribution in [-0.4, -0.2) is 14.3 Å². The first-order valence-electron chi connectivity index (χ1n) is 7.29. The Morgan fingerprint density at radius 2 is 2.20 bits per heavy atom. The van der Waals surface area contributed by atoms with E-state index in [1.807, 2.05) is 17.9 Å². The Labute approximate surface area is 120 Å². The van der Waals surface area contributed by atoms with E-state index in [1.54, 1.807) is 0 Å². The molecule has 1 unspecified atom stereocenters. The third-order valence-electron chi connectivity index (χ3n) is 4.51. The third-order valence-corrected chi connectivity index (χ3v) is 4.51.